The number of aryl methyl sites for hydroxylation is 1. The van der Waals surface area contributed by atoms with Crippen LogP contribution in [0.25, 0.3) is 0 Å². The molecule has 0 fully saturated rings. The smallest absolute Gasteiger partial charge is 0.122 e. The van der Waals surface area contributed by atoms with Gasteiger partial charge in [-0.2, -0.15) is 0 Å². The van der Waals surface area contributed by atoms with Gasteiger partial charge in [-0.3, -0.25) is 0 Å². The highest BCUT2D eigenvalue weighted by Gasteiger charge is 2.19. The Bertz CT molecular complexity index is 598. The Morgan fingerprint density at radius 1 is 1.35 bits per heavy atom. The second-order valence-electron chi connectivity index (χ2n) is 4.60. The van der Waals surface area contributed by atoms with Crippen molar-refractivity contribution in [2.75, 3.05) is 14.2 Å². The number of nitrogens with one attached hydrogen (secondary N) is 1. The molecule has 2 nitrogen and oxygen atoms in total. The summed E-state index contributed by atoms with van der Waals surface area (Å²) in [7, 11) is 3.61. The minimum absolute atomic E-state index is 0.147. The van der Waals surface area contributed by atoms with E-state index in [1.165, 1.54) is 0 Å². The van der Waals surface area contributed by atoms with Gasteiger partial charge in [0.1, 0.15) is 5.75 Å². The fourth-order valence-electron chi connectivity index (χ4n) is 2.14. The largest absolute Gasteiger partial charge is 0.496 e. The average Bonchev–Trinajstić information content (AvgIpc) is 2.77. The molecule has 20 heavy (non-hydrogen) atoms. The van der Waals surface area contributed by atoms with Gasteiger partial charge in [0.2, 0.25) is 0 Å². The first-order chi connectivity index (χ1) is 9.56. The molecule has 0 saturated heterocycles. The van der Waals surface area contributed by atoms with Crippen molar-refractivity contribution in [3.05, 3.63) is 49.6 Å². The van der Waals surface area contributed by atoms with Gasteiger partial charge in [0.15, 0.2) is 0 Å². The fourth-order valence-corrected chi connectivity index (χ4v) is 3.77. The quantitative estimate of drug-likeness (QED) is 0.844. The SMILES string of the molecule is CNC(Cc1cc(Cl)ccc1OC)c1scc(C)c1Cl. The van der Waals surface area contributed by atoms with Crippen molar-refractivity contribution in [2.24, 2.45) is 0 Å². The average molecular weight is 330 g/mol. The van der Waals surface area contributed by atoms with E-state index in [-0.39, 0.29) is 6.04 Å². The molecule has 0 saturated carbocycles. The van der Waals surface area contributed by atoms with Crippen LogP contribution in [0.2, 0.25) is 10.0 Å². The first kappa shape index (κ1) is 15.6. The number of ether oxygens (including phenoxy) is 1. The van der Waals surface area contributed by atoms with Gasteiger partial charge in [0.25, 0.3) is 0 Å². The summed E-state index contributed by atoms with van der Waals surface area (Å²) in [4.78, 5) is 1.15. The van der Waals surface area contributed by atoms with E-state index in [1.807, 2.05) is 32.2 Å². The Kier molecular flexibility index (Phi) is 5.33. The van der Waals surface area contributed by atoms with Crippen LogP contribution in [0, 0.1) is 6.92 Å². The van der Waals surface area contributed by atoms with Crippen LogP contribution in [-0.2, 0) is 6.42 Å². The van der Waals surface area contributed by atoms with Crippen LogP contribution in [0.3, 0.4) is 0 Å². The molecule has 1 unspecified atom stereocenters. The Morgan fingerprint density at radius 3 is 2.65 bits per heavy atom. The van der Waals surface area contributed by atoms with Gasteiger partial charge in [0.05, 0.1) is 12.1 Å². The van der Waals surface area contributed by atoms with E-state index in [4.69, 9.17) is 27.9 Å². The maximum Gasteiger partial charge on any atom is 0.122 e. The summed E-state index contributed by atoms with van der Waals surface area (Å²) >= 11 is 14.1. The molecule has 1 heterocycles. The summed E-state index contributed by atoms with van der Waals surface area (Å²) < 4.78 is 5.40. The molecule has 0 aliphatic heterocycles. The molecule has 5 heteroatoms. The van der Waals surface area contributed by atoms with Crippen molar-refractivity contribution in [3.8, 4) is 5.75 Å². The van der Waals surface area contributed by atoms with E-state index in [9.17, 15) is 0 Å². The molecule has 0 aliphatic rings. The third-order valence-corrected chi connectivity index (χ3v) is 5.32. The molecular weight excluding hydrogens is 313 g/mol. The third-order valence-electron chi connectivity index (χ3n) is 3.26. The standard InChI is InChI=1S/C15H17Cl2NOS/c1-9-8-20-15(14(9)17)12(18-2)7-10-6-11(16)4-5-13(10)19-3/h4-6,8,12,18H,7H2,1-3H3. The van der Waals surface area contributed by atoms with Crippen LogP contribution < -0.4 is 10.1 Å². The van der Waals surface area contributed by atoms with Crippen LogP contribution in [0.1, 0.15) is 22.0 Å². The lowest BCUT2D eigenvalue weighted by molar-refractivity contribution is 0.406. The van der Waals surface area contributed by atoms with E-state index in [0.29, 0.717) is 5.02 Å². The molecule has 1 atom stereocenters. The summed E-state index contributed by atoms with van der Waals surface area (Å²) in [6.45, 7) is 2.02. The van der Waals surface area contributed by atoms with Crippen molar-refractivity contribution in [3.63, 3.8) is 0 Å². The Morgan fingerprint density at radius 2 is 2.10 bits per heavy atom. The molecule has 2 aromatic rings. The molecule has 0 aliphatic carbocycles. The van der Waals surface area contributed by atoms with Gasteiger partial charge < -0.3 is 10.1 Å². The molecule has 1 aromatic carbocycles. The molecule has 108 valence electrons. The zero-order valence-corrected chi connectivity index (χ0v) is 14.0. The number of likely N-dealkylation sites (N-methyl/N-ethyl adjacent to an activating group) is 1. The van der Waals surface area contributed by atoms with Crippen LogP contribution in [0.4, 0.5) is 0 Å². The van der Waals surface area contributed by atoms with Crippen molar-refractivity contribution < 1.29 is 4.74 Å². The minimum Gasteiger partial charge on any atom is -0.496 e. The molecule has 1 N–H and O–H groups in total. The second-order valence-corrected chi connectivity index (χ2v) is 6.32. The number of rotatable bonds is 5. The number of hydrogen-bond donors (Lipinski definition) is 1. The minimum atomic E-state index is 0.147. The van der Waals surface area contributed by atoms with E-state index < -0.39 is 0 Å². The monoisotopic (exact) mass is 329 g/mol. The van der Waals surface area contributed by atoms with Gasteiger partial charge in [-0.15, -0.1) is 11.3 Å². The number of halogens is 2. The maximum absolute atomic E-state index is 6.37. The van der Waals surface area contributed by atoms with Crippen molar-refractivity contribution in [1.29, 1.82) is 0 Å². The summed E-state index contributed by atoms with van der Waals surface area (Å²) in [6.07, 6.45) is 0.778. The highest BCUT2D eigenvalue weighted by Crippen LogP contribution is 2.35. The first-order valence-electron chi connectivity index (χ1n) is 6.30. The van der Waals surface area contributed by atoms with Gasteiger partial charge in [-0.05, 0) is 55.1 Å². The predicted molar refractivity (Wildman–Crippen MR) is 87.6 cm³/mol. The fraction of sp³-hybridized carbons (Fsp3) is 0.333. The van der Waals surface area contributed by atoms with Crippen molar-refractivity contribution in [1.82, 2.24) is 5.32 Å². The Labute approximate surface area is 133 Å². The number of benzene rings is 1. The zero-order valence-electron chi connectivity index (χ0n) is 11.7. The predicted octanol–water partition coefficient (Wildman–Crippen LogP) is 4.88. The van der Waals surface area contributed by atoms with Gasteiger partial charge in [0, 0.05) is 15.9 Å². The van der Waals surface area contributed by atoms with Crippen LogP contribution in [0.15, 0.2) is 23.6 Å². The van der Waals surface area contributed by atoms with Crippen molar-refractivity contribution in [2.45, 2.75) is 19.4 Å². The highest BCUT2D eigenvalue weighted by molar-refractivity contribution is 7.10. The van der Waals surface area contributed by atoms with Gasteiger partial charge in [-0.1, -0.05) is 23.2 Å². The lowest BCUT2D eigenvalue weighted by atomic mass is 10.0. The lowest BCUT2D eigenvalue weighted by Crippen LogP contribution is -2.18. The molecular formula is C15H17Cl2NOS. The highest BCUT2D eigenvalue weighted by atomic mass is 35.5. The molecule has 2 rings (SSSR count). The lowest BCUT2D eigenvalue weighted by Gasteiger charge is -2.17. The van der Waals surface area contributed by atoms with E-state index in [1.54, 1.807) is 18.4 Å². The van der Waals surface area contributed by atoms with E-state index in [2.05, 4.69) is 10.7 Å². The first-order valence-corrected chi connectivity index (χ1v) is 7.93. The van der Waals surface area contributed by atoms with Crippen LogP contribution >= 0.6 is 34.5 Å². The molecule has 0 radical (unpaired) electrons. The topological polar surface area (TPSA) is 21.3 Å². The Hall–Kier alpha value is -0.740. The number of thiophene rings is 1. The number of methoxy groups -OCH3 is 1. The summed E-state index contributed by atoms with van der Waals surface area (Å²) in [6, 6.07) is 5.82. The van der Waals surface area contributed by atoms with Gasteiger partial charge in [-0.25, -0.2) is 0 Å². The molecule has 0 spiro atoms. The van der Waals surface area contributed by atoms with E-state index >= 15 is 0 Å². The molecule has 0 bridgehead atoms. The maximum atomic E-state index is 6.37. The van der Waals surface area contributed by atoms with Gasteiger partial charge >= 0.3 is 0 Å². The second kappa shape index (κ2) is 6.81. The Balaban J connectivity index is 2.31. The summed E-state index contributed by atoms with van der Waals surface area (Å²) in [5.74, 6) is 0.846. The van der Waals surface area contributed by atoms with E-state index in [0.717, 1.165) is 33.2 Å². The summed E-state index contributed by atoms with van der Waals surface area (Å²) in [5, 5.41) is 6.95. The van der Waals surface area contributed by atoms with Crippen LogP contribution in [0.5, 0.6) is 5.75 Å². The molecule has 1 aromatic heterocycles. The normalized spacial score (nSPS) is 12.4. The summed E-state index contributed by atoms with van der Waals surface area (Å²) in [5.41, 5.74) is 2.19. The van der Waals surface area contributed by atoms with Crippen LogP contribution in [-0.4, -0.2) is 14.2 Å². The molecule has 0 amide bonds. The third kappa shape index (κ3) is 3.29. The van der Waals surface area contributed by atoms with Crippen molar-refractivity contribution >= 4 is 34.5 Å². The zero-order chi connectivity index (χ0) is 14.7. The number of hydrogen-bond acceptors (Lipinski definition) is 3.